The van der Waals surface area contributed by atoms with Gasteiger partial charge in [0, 0.05) is 30.6 Å². The van der Waals surface area contributed by atoms with Gasteiger partial charge in [-0.25, -0.2) is 4.99 Å². The zero-order chi connectivity index (χ0) is 18.1. The molecule has 0 bridgehead atoms. The normalized spacial score (nSPS) is 16.2. The fraction of sp³-hybridized carbons (Fsp3) is 0.273. The maximum absolute atomic E-state index is 12.6. The highest BCUT2D eigenvalue weighted by molar-refractivity contribution is 5.95. The molecule has 1 amide bonds. The van der Waals surface area contributed by atoms with Crippen LogP contribution in [0, 0.1) is 6.92 Å². The van der Waals surface area contributed by atoms with Crippen LogP contribution >= 0.6 is 0 Å². The Hall–Kier alpha value is -2.88. The molecule has 4 rings (SSSR count). The van der Waals surface area contributed by atoms with Crippen LogP contribution in [0.25, 0.3) is 17.2 Å². The van der Waals surface area contributed by atoms with Crippen LogP contribution in [-0.4, -0.2) is 29.7 Å². The standard InChI is InChI=1S/C22H23N3O/c1-15-13-18(22(26)25-11-2-3-12-25)7-9-19(15)16-8-10-20-17(14-16)5-4-6-21(23)24-20/h4-5,7-10,13-14H,2-3,6,11-12H2,1H3,(H2,23,24). The van der Waals surface area contributed by atoms with E-state index in [-0.39, 0.29) is 5.91 Å². The summed E-state index contributed by atoms with van der Waals surface area (Å²) in [6, 6.07) is 12.2. The number of nitrogens with zero attached hydrogens (tertiary/aromatic N) is 2. The molecule has 2 aliphatic rings. The Kier molecular flexibility index (Phi) is 4.33. The molecule has 26 heavy (non-hydrogen) atoms. The van der Waals surface area contributed by atoms with E-state index in [1.807, 2.05) is 29.2 Å². The molecule has 2 aromatic rings. The Morgan fingerprint density at radius 1 is 1.12 bits per heavy atom. The highest BCUT2D eigenvalue weighted by Gasteiger charge is 2.20. The van der Waals surface area contributed by atoms with Crippen molar-refractivity contribution in [1.29, 1.82) is 0 Å². The number of carbonyl (C=O) groups excluding carboxylic acids is 1. The van der Waals surface area contributed by atoms with Crippen molar-refractivity contribution in [3.63, 3.8) is 0 Å². The van der Waals surface area contributed by atoms with Gasteiger partial charge in [0.1, 0.15) is 5.84 Å². The molecule has 1 saturated heterocycles. The molecule has 4 nitrogen and oxygen atoms in total. The van der Waals surface area contributed by atoms with Crippen LogP contribution in [0.1, 0.15) is 40.7 Å². The summed E-state index contributed by atoms with van der Waals surface area (Å²) in [5.41, 5.74) is 12.0. The fourth-order valence-electron chi connectivity index (χ4n) is 3.69. The molecule has 0 aliphatic carbocycles. The smallest absolute Gasteiger partial charge is 0.253 e. The molecule has 2 aromatic carbocycles. The third-order valence-electron chi connectivity index (χ3n) is 5.09. The summed E-state index contributed by atoms with van der Waals surface area (Å²) >= 11 is 0. The lowest BCUT2D eigenvalue weighted by Crippen LogP contribution is -2.27. The molecule has 132 valence electrons. The zero-order valence-electron chi connectivity index (χ0n) is 15.0. The van der Waals surface area contributed by atoms with Crippen LogP contribution in [0.3, 0.4) is 0 Å². The monoisotopic (exact) mass is 345 g/mol. The SMILES string of the molecule is Cc1cc(C(=O)N2CCCC2)ccc1-c1ccc2c(c1)C=CCC(N)=N2. The molecule has 4 heteroatoms. The van der Waals surface area contributed by atoms with Gasteiger partial charge in [0.15, 0.2) is 0 Å². The van der Waals surface area contributed by atoms with Gasteiger partial charge >= 0.3 is 0 Å². The maximum atomic E-state index is 12.6. The molecule has 0 spiro atoms. The topological polar surface area (TPSA) is 58.7 Å². The zero-order valence-corrected chi connectivity index (χ0v) is 15.0. The predicted octanol–water partition coefficient (Wildman–Crippen LogP) is 4.30. The Morgan fingerprint density at radius 2 is 1.92 bits per heavy atom. The second kappa shape index (κ2) is 6.79. The number of carbonyl (C=O) groups is 1. The molecule has 0 aromatic heterocycles. The lowest BCUT2D eigenvalue weighted by molar-refractivity contribution is 0.0793. The van der Waals surface area contributed by atoms with E-state index in [9.17, 15) is 4.79 Å². The molecule has 2 heterocycles. The maximum Gasteiger partial charge on any atom is 0.253 e. The highest BCUT2D eigenvalue weighted by Crippen LogP contribution is 2.31. The van der Waals surface area contributed by atoms with E-state index in [2.05, 4.69) is 36.2 Å². The number of nitrogens with two attached hydrogens (primary N) is 1. The summed E-state index contributed by atoms with van der Waals surface area (Å²) in [6.07, 6.45) is 7.01. The molecule has 0 radical (unpaired) electrons. The van der Waals surface area contributed by atoms with Crippen LogP contribution < -0.4 is 5.73 Å². The van der Waals surface area contributed by atoms with Crippen LogP contribution in [0.15, 0.2) is 47.5 Å². The van der Waals surface area contributed by atoms with Crippen molar-refractivity contribution >= 4 is 23.5 Å². The predicted molar refractivity (Wildman–Crippen MR) is 107 cm³/mol. The Labute approximate surface area is 154 Å². The van der Waals surface area contributed by atoms with Gasteiger partial charge in [0.25, 0.3) is 5.91 Å². The lowest BCUT2D eigenvalue weighted by Gasteiger charge is -2.16. The number of amidine groups is 1. The van der Waals surface area contributed by atoms with Crippen molar-refractivity contribution in [3.05, 3.63) is 59.2 Å². The van der Waals surface area contributed by atoms with Gasteiger partial charge in [-0.1, -0.05) is 24.3 Å². The van der Waals surface area contributed by atoms with Crippen molar-refractivity contribution in [3.8, 4) is 11.1 Å². The number of hydrogen-bond donors (Lipinski definition) is 1. The first-order valence-corrected chi connectivity index (χ1v) is 9.16. The fourth-order valence-corrected chi connectivity index (χ4v) is 3.69. The summed E-state index contributed by atoms with van der Waals surface area (Å²) in [7, 11) is 0. The Morgan fingerprint density at radius 3 is 2.69 bits per heavy atom. The van der Waals surface area contributed by atoms with Crippen molar-refractivity contribution in [1.82, 2.24) is 4.90 Å². The summed E-state index contributed by atoms with van der Waals surface area (Å²) in [5, 5.41) is 0. The average Bonchev–Trinajstić information content (AvgIpc) is 3.10. The molecule has 0 unspecified atom stereocenters. The van der Waals surface area contributed by atoms with Crippen LogP contribution in [0.4, 0.5) is 5.69 Å². The highest BCUT2D eigenvalue weighted by atomic mass is 16.2. The van der Waals surface area contributed by atoms with Gasteiger partial charge in [0.2, 0.25) is 0 Å². The van der Waals surface area contributed by atoms with Crippen molar-refractivity contribution in [2.24, 2.45) is 10.7 Å². The summed E-state index contributed by atoms with van der Waals surface area (Å²) in [4.78, 5) is 19.0. The summed E-state index contributed by atoms with van der Waals surface area (Å²) in [5.74, 6) is 0.778. The number of benzene rings is 2. The van der Waals surface area contributed by atoms with Crippen LogP contribution in [0.2, 0.25) is 0 Å². The number of aliphatic imine (C=N–C) groups is 1. The minimum absolute atomic E-state index is 0.145. The quantitative estimate of drug-likeness (QED) is 0.882. The largest absolute Gasteiger partial charge is 0.387 e. The minimum atomic E-state index is 0.145. The van der Waals surface area contributed by atoms with Crippen molar-refractivity contribution in [2.75, 3.05) is 13.1 Å². The summed E-state index contributed by atoms with van der Waals surface area (Å²) in [6.45, 7) is 3.81. The van der Waals surface area contributed by atoms with E-state index in [4.69, 9.17) is 5.73 Å². The van der Waals surface area contributed by atoms with Gasteiger partial charge in [-0.3, -0.25) is 4.79 Å². The number of hydrogen-bond acceptors (Lipinski definition) is 3. The molecule has 0 saturated carbocycles. The third-order valence-corrected chi connectivity index (χ3v) is 5.09. The van der Waals surface area contributed by atoms with E-state index in [1.54, 1.807) is 0 Å². The molecule has 2 N–H and O–H groups in total. The molecule has 2 aliphatic heterocycles. The molecule has 1 fully saturated rings. The number of amides is 1. The van der Waals surface area contributed by atoms with E-state index in [1.165, 1.54) is 0 Å². The van der Waals surface area contributed by atoms with Crippen LogP contribution in [0.5, 0.6) is 0 Å². The second-order valence-electron chi connectivity index (χ2n) is 7.01. The lowest BCUT2D eigenvalue weighted by atomic mass is 9.96. The molecular formula is C22H23N3O. The van der Waals surface area contributed by atoms with Gasteiger partial charge in [-0.15, -0.1) is 0 Å². The Balaban J connectivity index is 1.66. The van der Waals surface area contributed by atoms with Gasteiger partial charge in [-0.05, 0) is 60.7 Å². The molecule has 0 atom stereocenters. The van der Waals surface area contributed by atoms with Gasteiger partial charge < -0.3 is 10.6 Å². The van der Waals surface area contributed by atoms with Crippen LogP contribution in [-0.2, 0) is 0 Å². The number of aryl methyl sites for hydroxylation is 1. The first-order chi connectivity index (χ1) is 12.6. The minimum Gasteiger partial charge on any atom is -0.387 e. The van der Waals surface area contributed by atoms with E-state index < -0.39 is 0 Å². The second-order valence-corrected chi connectivity index (χ2v) is 7.01. The van der Waals surface area contributed by atoms with E-state index in [0.29, 0.717) is 12.3 Å². The van der Waals surface area contributed by atoms with Crippen molar-refractivity contribution in [2.45, 2.75) is 26.2 Å². The third kappa shape index (κ3) is 3.15. The molecular weight excluding hydrogens is 322 g/mol. The summed E-state index contributed by atoms with van der Waals surface area (Å²) < 4.78 is 0. The van der Waals surface area contributed by atoms with Gasteiger partial charge in [-0.2, -0.15) is 0 Å². The number of likely N-dealkylation sites (tertiary alicyclic amines) is 1. The number of rotatable bonds is 2. The Bertz CT molecular complexity index is 921. The number of fused-ring (bicyclic) bond motifs is 1. The first-order valence-electron chi connectivity index (χ1n) is 9.16. The first kappa shape index (κ1) is 16.6. The van der Waals surface area contributed by atoms with E-state index >= 15 is 0 Å². The van der Waals surface area contributed by atoms with Crippen molar-refractivity contribution < 1.29 is 4.79 Å². The van der Waals surface area contributed by atoms with E-state index in [0.717, 1.165) is 59.4 Å². The average molecular weight is 345 g/mol. The van der Waals surface area contributed by atoms with Gasteiger partial charge in [0.05, 0.1) is 5.69 Å².